The minimum Gasteiger partial charge on any atom is -0.394 e. The van der Waals surface area contributed by atoms with Crippen LogP contribution in [0.1, 0.15) is 20.3 Å². The topological polar surface area (TPSA) is 27.7 Å². The van der Waals surface area contributed by atoms with E-state index in [4.69, 9.17) is 13.6 Å². The smallest absolute Gasteiger partial charge is 0.337 e. The fraction of sp³-hybridized carbons (Fsp3) is 0.833. The Bertz CT molecular complexity index is 222. The summed E-state index contributed by atoms with van der Waals surface area (Å²) in [7, 11) is -1.92. The second kappa shape index (κ2) is 6.54. The fourth-order valence-corrected chi connectivity index (χ4v) is 3.63. The third kappa shape index (κ3) is 4.78. The Hall–Kier alpha value is -0.163. The second-order valence-electron chi connectivity index (χ2n) is 4.79. The summed E-state index contributed by atoms with van der Waals surface area (Å²) in [5.41, 5.74) is 1.06. The average molecular weight is 244 g/mol. The standard InChI is InChI=1S/C12H24O3Si/c1-5-12-9-14-16(4,15-10-12)7-6-13-8-11(2)3/h12H,2,5-10H2,1,3-4H3. The van der Waals surface area contributed by atoms with E-state index < -0.39 is 8.56 Å². The maximum absolute atomic E-state index is 5.89. The summed E-state index contributed by atoms with van der Waals surface area (Å²) in [6, 6.07) is 0.913. The predicted molar refractivity (Wildman–Crippen MR) is 67.7 cm³/mol. The van der Waals surface area contributed by atoms with E-state index in [1.807, 2.05) is 6.92 Å². The molecule has 1 heterocycles. The predicted octanol–water partition coefficient (Wildman–Crippen LogP) is 2.72. The normalized spacial score (nSPS) is 30.3. The number of ether oxygens (including phenoxy) is 1. The number of hydrogen-bond acceptors (Lipinski definition) is 3. The number of rotatable bonds is 6. The SMILES string of the molecule is C=C(C)COCC[Si]1(C)OCC(CC)CO1. The summed E-state index contributed by atoms with van der Waals surface area (Å²) in [4.78, 5) is 0. The van der Waals surface area contributed by atoms with Crippen molar-refractivity contribution in [2.75, 3.05) is 26.4 Å². The first-order chi connectivity index (χ1) is 7.56. The van der Waals surface area contributed by atoms with E-state index in [1.54, 1.807) is 0 Å². The van der Waals surface area contributed by atoms with Crippen LogP contribution < -0.4 is 0 Å². The first-order valence-electron chi connectivity index (χ1n) is 6.06. The lowest BCUT2D eigenvalue weighted by Gasteiger charge is -2.35. The monoisotopic (exact) mass is 244 g/mol. The maximum Gasteiger partial charge on any atom is 0.337 e. The van der Waals surface area contributed by atoms with Crippen molar-refractivity contribution < 1.29 is 13.6 Å². The quantitative estimate of drug-likeness (QED) is 0.408. The van der Waals surface area contributed by atoms with Gasteiger partial charge in [-0.3, -0.25) is 0 Å². The fourth-order valence-electron chi connectivity index (χ4n) is 1.56. The van der Waals surface area contributed by atoms with E-state index in [0.29, 0.717) is 19.1 Å². The zero-order valence-corrected chi connectivity index (χ0v) is 11.8. The molecule has 94 valence electrons. The summed E-state index contributed by atoms with van der Waals surface area (Å²) in [5, 5.41) is 0. The summed E-state index contributed by atoms with van der Waals surface area (Å²) in [6.45, 7) is 13.2. The van der Waals surface area contributed by atoms with Gasteiger partial charge in [0.15, 0.2) is 0 Å². The van der Waals surface area contributed by atoms with Gasteiger partial charge in [-0.05, 0) is 19.9 Å². The molecule has 0 atom stereocenters. The third-order valence-electron chi connectivity index (χ3n) is 2.88. The van der Waals surface area contributed by atoms with Crippen LogP contribution in [0, 0.1) is 5.92 Å². The molecule has 1 aliphatic rings. The maximum atomic E-state index is 5.89. The molecule has 0 aliphatic carbocycles. The summed E-state index contributed by atoms with van der Waals surface area (Å²) < 4.78 is 17.3. The van der Waals surface area contributed by atoms with E-state index in [1.165, 1.54) is 0 Å². The highest BCUT2D eigenvalue weighted by Gasteiger charge is 2.36. The highest BCUT2D eigenvalue weighted by atomic mass is 28.4. The largest absolute Gasteiger partial charge is 0.394 e. The summed E-state index contributed by atoms with van der Waals surface area (Å²) in [6.07, 6.45) is 1.14. The van der Waals surface area contributed by atoms with E-state index in [2.05, 4.69) is 20.0 Å². The van der Waals surface area contributed by atoms with E-state index in [9.17, 15) is 0 Å². The molecule has 0 spiro atoms. The van der Waals surface area contributed by atoms with E-state index in [0.717, 1.165) is 31.3 Å². The van der Waals surface area contributed by atoms with Gasteiger partial charge >= 0.3 is 8.56 Å². The minimum absolute atomic E-state index is 0.580. The lowest BCUT2D eigenvalue weighted by atomic mass is 10.1. The van der Waals surface area contributed by atoms with Gasteiger partial charge in [0.1, 0.15) is 0 Å². The summed E-state index contributed by atoms with van der Waals surface area (Å²) in [5.74, 6) is 0.580. The van der Waals surface area contributed by atoms with Gasteiger partial charge in [0.05, 0.1) is 6.61 Å². The van der Waals surface area contributed by atoms with Gasteiger partial charge in [-0.15, -0.1) is 0 Å². The third-order valence-corrected chi connectivity index (χ3v) is 5.54. The molecule has 0 unspecified atom stereocenters. The Morgan fingerprint density at radius 3 is 2.56 bits per heavy atom. The second-order valence-corrected chi connectivity index (χ2v) is 8.13. The summed E-state index contributed by atoms with van der Waals surface area (Å²) >= 11 is 0. The van der Waals surface area contributed by atoms with Gasteiger partial charge in [-0.2, -0.15) is 0 Å². The van der Waals surface area contributed by atoms with Crippen molar-refractivity contribution >= 4 is 8.56 Å². The molecule has 4 heteroatoms. The molecule has 1 aliphatic heterocycles. The van der Waals surface area contributed by atoms with Crippen LogP contribution in [0.15, 0.2) is 12.2 Å². The molecule has 0 aromatic rings. The molecule has 3 nitrogen and oxygen atoms in total. The molecule has 0 radical (unpaired) electrons. The van der Waals surface area contributed by atoms with Crippen molar-refractivity contribution in [3.8, 4) is 0 Å². The Labute approximate surface area is 100 Å². The van der Waals surface area contributed by atoms with Crippen LogP contribution in [0.25, 0.3) is 0 Å². The van der Waals surface area contributed by atoms with Crippen LogP contribution in [-0.2, 0) is 13.6 Å². The average Bonchev–Trinajstić information content (AvgIpc) is 2.26. The lowest BCUT2D eigenvalue weighted by Crippen LogP contribution is -2.47. The van der Waals surface area contributed by atoms with Gasteiger partial charge in [0.2, 0.25) is 0 Å². The van der Waals surface area contributed by atoms with Crippen LogP contribution in [-0.4, -0.2) is 35.0 Å². The number of hydrogen-bond donors (Lipinski definition) is 0. The molecule has 0 aromatic carbocycles. The highest BCUT2D eigenvalue weighted by Crippen LogP contribution is 2.22. The Kier molecular flexibility index (Phi) is 5.68. The minimum atomic E-state index is -1.92. The molecule has 1 rings (SSSR count). The Morgan fingerprint density at radius 2 is 2.06 bits per heavy atom. The molecular formula is C12H24O3Si. The van der Waals surface area contributed by atoms with Crippen LogP contribution in [0.3, 0.4) is 0 Å². The van der Waals surface area contributed by atoms with Gasteiger partial charge < -0.3 is 13.6 Å². The first-order valence-corrected chi connectivity index (χ1v) is 8.58. The molecule has 1 fully saturated rings. The van der Waals surface area contributed by atoms with Gasteiger partial charge in [0, 0.05) is 31.8 Å². The van der Waals surface area contributed by atoms with Crippen LogP contribution in [0.2, 0.25) is 12.6 Å². The van der Waals surface area contributed by atoms with Crippen molar-refractivity contribution in [2.45, 2.75) is 32.9 Å². The van der Waals surface area contributed by atoms with Crippen LogP contribution in [0.5, 0.6) is 0 Å². The van der Waals surface area contributed by atoms with Crippen molar-refractivity contribution in [2.24, 2.45) is 5.92 Å². The van der Waals surface area contributed by atoms with Gasteiger partial charge in [0.25, 0.3) is 0 Å². The highest BCUT2D eigenvalue weighted by molar-refractivity contribution is 6.66. The van der Waals surface area contributed by atoms with Gasteiger partial charge in [-0.1, -0.05) is 19.1 Å². The Morgan fingerprint density at radius 1 is 1.44 bits per heavy atom. The van der Waals surface area contributed by atoms with E-state index in [-0.39, 0.29) is 0 Å². The zero-order chi connectivity index (χ0) is 12.0. The van der Waals surface area contributed by atoms with Crippen molar-refractivity contribution in [3.05, 3.63) is 12.2 Å². The lowest BCUT2D eigenvalue weighted by molar-refractivity contribution is 0.0544. The first kappa shape index (κ1) is 13.9. The molecule has 0 aromatic heterocycles. The molecule has 0 saturated carbocycles. The van der Waals surface area contributed by atoms with Crippen LogP contribution in [0.4, 0.5) is 0 Å². The molecule has 16 heavy (non-hydrogen) atoms. The molecule has 0 bridgehead atoms. The molecular weight excluding hydrogens is 220 g/mol. The zero-order valence-electron chi connectivity index (χ0n) is 10.8. The molecule has 1 saturated heterocycles. The molecule has 0 amide bonds. The Balaban J connectivity index is 2.18. The van der Waals surface area contributed by atoms with Crippen molar-refractivity contribution in [1.82, 2.24) is 0 Å². The van der Waals surface area contributed by atoms with Crippen molar-refractivity contribution in [3.63, 3.8) is 0 Å². The van der Waals surface area contributed by atoms with Crippen molar-refractivity contribution in [1.29, 1.82) is 0 Å². The van der Waals surface area contributed by atoms with E-state index >= 15 is 0 Å². The van der Waals surface area contributed by atoms with Crippen LogP contribution >= 0.6 is 0 Å². The van der Waals surface area contributed by atoms with Gasteiger partial charge in [-0.25, -0.2) is 0 Å². The molecule has 0 N–H and O–H groups in total.